The molecule has 0 bridgehead atoms. The van der Waals surface area contributed by atoms with Crippen LogP contribution in [0.4, 0.5) is 0 Å². The molecule has 1 aromatic heterocycles. The number of carbonyl (C=O) groups is 2. The zero-order valence-corrected chi connectivity index (χ0v) is 9.61. The molecule has 16 heavy (non-hydrogen) atoms. The van der Waals surface area contributed by atoms with Crippen LogP contribution in [0.1, 0.15) is 18.4 Å². The largest absolute Gasteiger partial charge is 0.394 e. The Morgan fingerprint density at radius 2 is 2.56 bits per heavy atom. The van der Waals surface area contributed by atoms with E-state index in [1.54, 1.807) is 11.3 Å². The fraction of sp³-hybridized carbons (Fsp3) is 0.455. The van der Waals surface area contributed by atoms with Gasteiger partial charge in [-0.1, -0.05) is 0 Å². The second-order valence-electron chi connectivity index (χ2n) is 3.79. The molecule has 0 radical (unpaired) electrons. The van der Waals surface area contributed by atoms with Crippen molar-refractivity contribution in [3.63, 3.8) is 0 Å². The maximum Gasteiger partial charge on any atom is 0.330 e. The molecule has 1 unspecified atom stereocenters. The highest BCUT2D eigenvalue weighted by Gasteiger charge is 2.31. The molecule has 0 aromatic carbocycles. The maximum atomic E-state index is 11.5. The van der Waals surface area contributed by atoms with Gasteiger partial charge in [-0.3, -0.25) is 9.69 Å². The molecule has 4 nitrogen and oxygen atoms in total. The molecule has 2 rings (SSSR count). The molecule has 0 spiro atoms. The number of nitrogens with zero attached hydrogens (tertiary/aromatic N) is 1. The van der Waals surface area contributed by atoms with Crippen molar-refractivity contribution in [2.45, 2.75) is 25.4 Å². The Morgan fingerprint density at radius 1 is 1.69 bits per heavy atom. The lowest BCUT2D eigenvalue weighted by atomic mass is 10.2. The van der Waals surface area contributed by atoms with E-state index in [0.29, 0.717) is 0 Å². The van der Waals surface area contributed by atoms with Crippen molar-refractivity contribution in [3.05, 3.63) is 22.4 Å². The zero-order chi connectivity index (χ0) is 11.4. The SMILES string of the molecule is O=COC(=O)C1CCCN1Cc1ccsc1. The Morgan fingerprint density at radius 3 is 3.25 bits per heavy atom. The van der Waals surface area contributed by atoms with E-state index in [9.17, 15) is 9.59 Å². The van der Waals surface area contributed by atoms with Crippen LogP contribution in [-0.4, -0.2) is 29.9 Å². The minimum absolute atomic E-state index is 0.212. The van der Waals surface area contributed by atoms with Gasteiger partial charge in [-0.15, -0.1) is 0 Å². The average Bonchev–Trinajstić information content (AvgIpc) is 2.90. The van der Waals surface area contributed by atoms with Gasteiger partial charge in [0, 0.05) is 6.54 Å². The molecule has 1 atom stereocenters. The molecule has 2 heterocycles. The van der Waals surface area contributed by atoms with Gasteiger partial charge in [0.1, 0.15) is 6.04 Å². The third-order valence-corrected chi connectivity index (χ3v) is 3.50. The average molecular weight is 239 g/mol. The highest BCUT2D eigenvalue weighted by atomic mass is 32.1. The minimum Gasteiger partial charge on any atom is -0.394 e. The summed E-state index contributed by atoms with van der Waals surface area (Å²) < 4.78 is 4.42. The van der Waals surface area contributed by atoms with Crippen LogP contribution in [0.25, 0.3) is 0 Å². The predicted octanol–water partition coefficient (Wildman–Crippen LogP) is 1.41. The van der Waals surface area contributed by atoms with Crippen LogP contribution in [0.15, 0.2) is 16.8 Å². The maximum absolute atomic E-state index is 11.5. The van der Waals surface area contributed by atoms with Gasteiger partial charge in [0.05, 0.1) is 0 Å². The summed E-state index contributed by atoms with van der Waals surface area (Å²) in [6.45, 7) is 1.85. The molecule has 0 aliphatic carbocycles. The molecule has 1 aliphatic rings. The van der Waals surface area contributed by atoms with Crippen LogP contribution in [-0.2, 0) is 20.9 Å². The first-order valence-corrected chi connectivity index (χ1v) is 6.15. The number of likely N-dealkylation sites (tertiary alicyclic amines) is 1. The topological polar surface area (TPSA) is 46.6 Å². The summed E-state index contributed by atoms with van der Waals surface area (Å²) in [5.74, 6) is -0.428. The van der Waals surface area contributed by atoms with Crippen molar-refractivity contribution in [1.82, 2.24) is 4.90 Å². The second-order valence-corrected chi connectivity index (χ2v) is 4.57. The number of rotatable bonds is 4. The Balaban J connectivity index is 1.98. The molecule has 0 amide bonds. The van der Waals surface area contributed by atoms with E-state index in [1.807, 2.05) is 11.4 Å². The molecule has 0 saturated carbocycles. The van der Waals surface area contributed by atoms with Crippen LogP contribution in [0.5, 0.6) is 0 Å². The van der Waals surface area contributed by atoms with Gasteiger partial charge in [0.15, 0.2) is 0 Å². The van der Waals surface area contributed by atoms with Crippen molar-refractivity contribution in [3.8, 4) is 0 Å². The van der Waals surface area contributed by atoms with Gasteiger partial charge in [-0.05, 0) is 41.8 Å². The molecule has 1 aromatic rings. The zero-order valence-electron chi connectivity index (χ0n) is 8.80. The van der Waals surface area contributed by atoms with E-state index in [2.05, 4.69) is 15.0 Å². The van der Waals surface area contributed by atoms with Gasteiger partial charge in [-0.2, -0.15) is 11.3 Å². The summed E-state index contributed by atoms with van der Waals surface area (Å²) in [5, 5.41) is 4.09. The molecule has 86 valence electrons. The van der Waals surface area contributed by atoms with Crippen LogP contribution in [0.2, 0.25) is 0 Å². The number of carbonyl (C=O) groups excluding carboxylic acids is 2. The lowest BCUT2D eigenvalue weighted by molar-refractivity contribution is -0.155. The van der Waals surface area contributed by atoms with Crippen molar-refractivity contribution < 1.29 is 14.3 Å². The molecule has 1 fully saturated rings. The Kier molecular flexibility index (Phi) is 3.69. The minimum atomic E-state index is -0.428. The summed E-state index contributed by atoms with van der Waals surface area (Å²) in [4.78, 5) is 23.7. The van der Waals surface area contributed by atoms with Gasteiger partial charge in [0.25, 0.3) is 0 Å². The Hall–Kier alpha value is -1.20. The fourth-order valence-corrected chi connectivity index (χ4v) is 2.69. The van der Waals surface area contributed by atoms with E-state index >= 15 is 0 Å². The highest BCUT2D eigenvalue weighted by Crippen LogP contribution is 2.21. The Bertz CT molecular complexity index is 363. The van der Waals surface area contributed by atoms with Crippen LogP contribution >= 0.6 is 11.3 Å². The first-order chi connectivity index (χ1) is 7.81. The van der Waals surface area contributed by atoms with Crippen LogP contribution < -0.4 is 0 Å². The number of hydrogen-bond donors (Lipinski definition) is 0. The van der Waals surface area contributed by atoms with Gasteiger partial charge < -0.3 is 4.74 Å². The van der Waals surface area contributed by atoms with Crippen molar-refractivity contribution in [2.75, 3.05) is 6.54 Å². The molecule has 5 heteroatoms. The number of hydrogen-bond acceptors (Lipinski definition) is 5. The number of thiophene rings is 1. The van der Waals surface area contributed by atoms with E-state index in [0.717, 1.165) is 25.9 Å². The van der Waals surface area contributed by atoms with E-state index < -0.39 is 5.97 Å². The smallest absolute Gasteiger partial charge is 0.330 e. The summed E-state index contributed by atoms with van der Waals surface area (Å²) in [7, 11) is 0. The summed E-state index contributed by atoms with van der Waals surface area (Å²) >= 11 is 1.64. The Labute approximate surface area is 97.8 Å². The second kappa shape index (κ2) is 5.23. The number of esters is 1. The number of ether oxygens (including phenoxy) is 1. The van der Waals surface area contributed by atoms with Crippen molar-refractivity contribution in [1.29, 1.82) is 0 Å². The third kappa shape index (κ3) is 2.48. The highest BCUT2D eigenvalue weighted by molar-refractivity contribution is 7.07. The molecule has 1 saturated heterocycles. The quantitative estimate of drug-likeness (QED) is 0.453. The normalized spacial score (nSPS) is 20.9. The van der Waals surface area contributed by atoms with Crippen molar-refractivity contribution in [2.24, 2.45) is 0 Å². The molecule has 1 aliphatic heterocycles. The lowest BCUT2D eigenvalue weighted by Gasteiger charge is -2.21. The standard InChI is InChI=1S/C11H13NO3S/c13-8-15-11(14)10-2-1-4-12(10)6-9-3-5-16-7-9/h3,5,7-8,10H,1-2,4,6H2. The third-order valence-electron chi connectivity index (χ3n) is 2.77. The monoisotopic (exact) mass is 239 g/mol. The van der Waals surface area contributed by atoms with Crippen LogP contribution in [0, 0.1) is 0 Å². The molecule has 0 N–H and O–H groups in total. The first-order valence-electron chi connectivity index (χ1n) is 5.20. The summed E-state index contributed by atoms with van der Waals surface area (Å²) in [6.07, 6.45) is 1.75. The van der Waals surface area contributed by atoms with Crippen molar-refractivity contribution >= 4 is 23.8 Å². The summed E-state index contributed by atoms with van der Waals surface area (Å²) in [5.41, 5.74) is 1.20. The molecular formula is C11H13NO3S. The van der Waals surface area contributed by atoms with Gasteiger partial charge in [0.2, 0.25) is 0 Å². The van der Waals surface area contributed by atoms with Crippen LogP contribution in [0.3, 0.4) is 0 Å². The predicted molar refractivity (Wildman–Crippen MR) is 59.9 cm³/mol. The summed E-state index contributed by atoms with van der Waals surface area (Å²) in [6, 6.07) is 1.79. The fourth-order valence-electron chi connectivity index (χ4n) is 2.03. The first kappa shape index (κ1) is 11.3. The van der Waals surface area contributed by atoms with Gasteiger partial charge in [-0.25, -0.2) is 4.79 Å². The van der Waals surface area contributed by atoms with Gasteiger partial charge >= 0.3 is 12.4 Å². The van der Waals surface area contributed by atoms with E-state index in [-0.39, 0.29) is 12.5 Å². The van der Waals surface area contributed by atoms with E-state index in [4.69, 9.17) is 0 Å². The van der Waals surface area contributed by atoms with E-state index in [1.165, 1.54) is 5.56 Å². The molecular weight excluding hydrogens is 226 g/mol. The lowest BCUT2D eigenvalue weighted by Crippen LogP contribution is -2.36.